The minimum atomic E-state index is -0.0707. The molecular formula is C13H26N2O. The van der Waals surface area contributed by atoms with Gasteiger partial charge in [-0.1, -0.05) is 13.8 Å². The number of ether oxygens (including phenoxy) is 1. The minimum absolute atomic E-state index is 0.0707. The van der Waals surface area contributed by atoms with Crippen molar-refractivity contribution in [3.63, 3.8) is 0 Å². The summed E-state index contributed by atoms with van der Waals surface area (Å²) < 4.78 is 5.70. The molecule has 0 unspecified atom stereocenters. The van der Waals surface area contributed by atoms with Gasteiger partial charge in [0.05, 0.1) is 18.3 Å². The lowest BCUT2D eigenvalue weighted by Gasteiger charge is -2.26. The summed E-state index contributed by atoms with van der Waals surface area (Å²) in [6.07, 6.45) is 0.599. The number of hydrogen-bond acceptors (Lipinski definition) is 3. The van der Waals surface area contributed by atoms with Gasteiger partial charge in [0.2, 0.25) is 0 Å². The van der Waals surface area contributed by atoms with E-state index in [0.717, 1.165) is 26.2 Å². The highest BCUT2D eigenvalue weighted by atomic mass is 16.5. The molecule has 0 bridgehead atoms. The van der Waals surface area contributed by atoms with Gasteiger partial charge in [-0.2, -0.15) is 5.26 Å². The van der Waals surface area contributed by atoms with E-state index in [-0.39, 0.29) is 5.60 Å². The van der Waals surface area contributed by atoms with Crippen molar-refractivity contribution in [1.29, 1.82) is 5.26 Å². The molecule has 0 N–H and O–H groups in total. The second-order valence-corrected chi connectivity index (χ2v) is 5.56. The van der Waals surface area contributed by atoms with E-state index in [2.05, 4.69) is 45.6 Å². The molecule has 0 aromatic heterocycles. The summed E-state index contributed by atoms with van der Waals surface area (Å²) in [4.78, 5) is 2.31. The molecule has 0 aromatic carbocycles. The molecule has 0 aliphatic carbocycles. The van der Waals surface area contributed by atoms with Crippen LogP contribution in [0.3, 0.4) is 0 Å². The van der Waals surface area contributed by atoms with Gasteiger partial charge in [0, 0.05) is 26.1 Å². The zero-order valence-corrected chi connectivity index (χ0v) is 11.4. The third kappa shape index (κ3) is 9.95. The summed E-state index contributed by atoms with van der Waals surface area (Å²) >= 11 is 0. The van der Waals surface area contributed by atoms with Crippen LogP contribution in [0.25, 0.3) is 0 Å². The maximum absolute atomic E-state index is 8.60. The van der Waals surface area contributed by atoms with Gasteiger partial charge in [0.1, 0.15) is 0 Å². The summed E-state index contributed by atoms with van der Waals surface area (Å²) in [5.41, 5.74) is -0.0707. The lowest BCUT2D eigenvalue weighted by molar-refractivity contribution is -0.0138. The van der Waals surface area contributed by atoms with Crippen molar-refractivity contribution in [3.8, 4) is 6.07 Å². The smallest absolute Gasteiger partial charge is 0.0635 e. The molecule has 0 rings (SSSR count). The lowest BCUT2D eigenvalue weighted by Crippen LogP contribution is -2.34. The van der Waals surface area contributed by atoms with Crippen LogP contribution in [0.2, 0.25) is 0 Å². The van der Waals surface area contributed by atoms with Crippen molar-refractivity contribution >= 4 is 0 Å². The summed E-state index contributed by atoms with van der Waals surface area (Å²) in [6, 6.07) is 2.20. The Kier molecular flexibility index (Phi) is 7.36. The zero-order chi connectivity index (χ0) is 12.6. The predicted octanol–water partition coefficient (Wildman–Crippen LogP) is 2.67. The van der Waals surface area contributed by atoms with E-state index in [1.165, 1.54) is 0 Å². The zero-order valence-electron chi connectivity index (χ0n) is 11.4. The maximum atomic E-state index is 8.60. The van der Waals surface area contributed by atoms with Gasteiger partial charge < -0.3 is 4.74 Å². The van der Waals surface area contributed by atoms with Crippen molar-refractivity contribution in [2.24, 2.45) is 5.92 Å². The Morgan fingerprint density at radius 2 is 1.88 bits per heavy atom. The van der Waals surface area contributed by atoms with Crippen LogP contribution in [0, 0.1) is 17.2 Å². The Morgan fingerprint density at radius 1 is 1.25 bits per heavy atom. The Bertz CT molecular complexity index is 213. The van der Waals surface area contributed by atoms with Crippen molar-refractivity contribution < 1.29 is 4.74 Å². The molecule has 0 aliphatic rings. The normalized spacial score (nSPS) is 12.1. The summed E-state index contributed by atoms with van der Waals surface area (Å²) in [6.45, 7) is 14.1. The highest BCUT2D eigenvalue weighted by Gasteiger charge is 2.12. The van der Waals surface area contributed by atoms with Crippen LogP contribution in [0.5, 0.6) is 0 Å². The first-order valence-corrected chi connectivity index (χ1v) is 6.08. The summed E-state index contributed by atoms with van der Waals surface area (Å²) in [5, 5.41) is 8.60. The number of rotatable bonds is 7. The molecule has 0 aliphatic heterocycles. The van der Waals surface area contributed by atoms with Crippen LogP contribution in [-0.2, 0) is 4.74 Å². The van der Waals surface area contributed by atoms with Crippen LogP contribution in [-0.4, -0.2) is 36.7 Å². The van der Waals surface area contributed by atoms with Crippen LogP contribution >= 0.6 is 0 Å². The Morgan fingerprint density at radius 3 is 2.31 bits per heavy atom. The molecule has 0 saturated heterocycles. The second-order valence-electron chi connectivity index (χ2n) is 5.56. The highest BCUT2D eigenvalue weighted by molar-refractivity contribution is 4.73. The molecule has 0 saturated carbocycles. The van der Waals surface area contributed by atoms with Gasteiger partial charge in [-0.3, -0.25) is 4.90 Å². The molecule has 3 heteroatoms. The first kappa shape index (κ1) is 15.4. The number of hydrogen-bond donors (Lipinski definition) is 0. The predicted molar refractivity (Wildman–Crippen MR) is 67.2 cm³/mol. The second kappa shape index (κ2) is 7.65. The number of nitrogens with zero attached hydrogens (tertiary/aromatic N) is 2. The van der Waals surface area contributed by atoms with E-state index >= 15 is 0 Å². The van der Waals surface area contributed by atoms with E-state index in [4.69, 9.17) is 10.00 Å². The Hall–Kier alpha value is -0.590. The molecule has 3 nitrogen and oxygen atoms in total. The monoisotopic (exact) mass is 226 g/mol. The molecule has 0 amide bonds. The van der Waals surface area contributed by atoms with Gasteiger partial charge >= 0.3 is 0 Å². The van der Waals surface area contributed by atoms with E-state index in [1.54, 1.807) is 0 Å². The molecule has 0 heterocycles. The molecule has 94 valence electrons. The minimum Gasteiger partial charge on any atom is -0.375 e. The first-order valence-electron chi connectivity index (χ1n) is 6.08. The van der Waals surface area contributed by atoms with Gasteiger partial charge in [0.15, 0.2) is 0 Å². The maximum Gasteiger partial charge on any atom is 0.0635 e. The number of nitriles is 1. The summed E-state index contributed by atoms with van der Waals surface area (Å²) in [5.74, 6) is 0.633. The first-order chi connectivity index (χ1) is 7.35. The standard InChI is InChI=1S/C13H26N2O/c1-12(2)11-15(8-6-7-14)9-10-16-13(3,4)5/h12H,6,8-11H2,1-5H3. The van der Waals surface area contributed by atoms with E-state index in [1.807, 2.05) is 0 Å². The van der Waals surface area contributed by atoms with Crippen LogP contribution in [0.4, 0.5) is 0 Å². The van der Waals surface area contributed by atoms with Crippen LogP contribution < -0.4 is 0 Å². The van der Waals surface area contributed by atoms with Gasteiger partial charge in [0.25, 0.3) is 0 Å². The molecule has 0 radical (unpaired) electrons. The summed E-state index contributed by atoms with van der Waals surface area (Å²) in [7, 11) is 0. The average molecular weight is 226 g/mol. The quantitative estimate of drug-likeness (QED) is 0.669. The molecule has 0 fully saturated rings. The largest absolute Gasteiger partial charge is 0.375 e. The fourth-order valence-electron chi connectivity index (χ4n) is 1.50. The Balaban J connectivity index is 3.87. The SMILES string of the molecule is CC(C)CN(CCC#N)CCOC(C)(C)C. The van der Waals surface area contributed by atoms with Crippen LogP contribution in [0.15, 0.2) is 0 Å². The molecular weight excluding hydrogens is 200 g/mol. The topological polar surface area (TPSA) is 36.3 Å². The van der Waals surface area contributed by atoms with Crippen molar-refractivity contribution in [2.75, 3.05) is 26.2 Å². The van der Waals surface area contributed by atoms with Crippen molar-refractivity contribution in [2.45, 2.75) is 46.6 Å². The fourth-order valence-corrected chi connectivity index (χ4v) is 1.50. The van der Waals surface area contributed by atoms with E-state index in [0.29, 0.717) is 12.3 Å². The Labute approximate surface area is 100 Å². The van der Waals surface area contributed by atoms with E-state index < -0.39 is 0 Å². The fraction of sp³-hybridized carbons (Fsp3) is 0.923. The van der Waals surface area contributed by atoms with Crippen LogP contribution in [0.1, 0.15) is 41.0 Å². The van der Waals surface area contributed by atoms with Gasteiger partial charge in [-0.25, -0.2) is 0 Å². The highest BCUT2D eigenvalue weighted by Crippen LogP contribution is 2.07. The molecule has 16 heavy (non-hydrogen) atoms. The average Bonchev–Trinajstić information content (AvgIpc) is 2.11. The van der Waals surface area contributed by atoms with Gasteiger partial charge in [-0.15, -0.1) is 0 Å². The van der Waals surface area contributed by atoms with E-state index in [9.17, 15) is 0 Å². The van der Waals surface area contributed by atoms with Gasteiger partial charge in [-0.05, 0) is 26.7 Å². The third-order valence-electron chi connectivity index (χ3n) is 2.11. The third-order valence-corrected chi connectivity index (χ3v) is 2.11. The van der Waals surface area contributed by atoms with Crippen molar-refractivity contribution in [1.82, 2.24) is 4.90 Å². The van der Waals surface area contributed by atoms with Crippen molar-refractivity contribution in [3.05, 3.63) is 0 Å². The molecule has 0 atom stereocenters. The molecule has 0 spiro atoms. The molecule has 0 aromatic rings. The lowest BCUT2D eigenvalue weighted by atomic mass is 10.2.